The Hall–Kier alpha value is -2.57. The summed E-state index contributed by atoms with van der Waals surface area (Å²) in [5, 5.41) is 8.65. The zero-order chi connectivity index (χ0) is 21.2. The van der Waals surface area contributed by atoms with E-state index in [9.17, 15) is 14.4 Å². The van der Waals surface area contributed by atoms with E-state index in [-0.39, 0.29) is 17.8 Å². The molecule has 1 aliphatic carbocycles. The van der Waals surface area contributed by atoms with Gasteiger partial charge in [0.15, 0.2) is 0 Å². The first-order valence-corrected chi connectivity index (χ1v) is 11.3. The largest absolute Gasteiger partial charge is 0.354 e. The van der Waals surface area contributed by atoms with Crippen LogP contribution in [0.25, 0.3) is 0 Å². The molecule has 1 saturated carbocycles. The number of amides is 4. The van der Waals surface area contributed by atoms with Crippen molar-refractivity contribution in [2.24, 2.45) is 0 Å². The minimum Gasteiger partial charge on any atom is -0.354 e. The third kappa shape index (κ3) is 6.21. The van der Waals surface area contributed by atoms with E-state index in [4.69, 9.17) is 0 Å². The average Bonchev–Trinajstić information content (AvgIpc) is 3.06. The van der Waals surface area contributed by atoms with Crippen LogP contribution in [0.3, 0.4) is 0 Å². The van der Waals surface area contributed by atoms with Crippen LogP contribution in [0.5, 0.6) is 0 Å². The fourth-order valence-electron chi connectivity index (χ4n) is 4.36. The predicted molar refractivity (Wildman–Crippen MR) is 116 cm³/mol. The smallest absolute Gasteiger partial charge is 0.315 e. The Kier molecular flexibility index (Phi) is 8.11. The summed E-state index contributed by atoms with van der Waals surface area (Å²) in [6.45, 7) is 2.36. The van der Waals surface area contributed by atoms with Gasteiger partial charge in [-0.15, -0.1) is 0 Å². The minimum atomic E-state index is -0.883. The first-order chi connectivity index (χ1) is 14.6. The number of urea groups is 1. The molecule has 0 unspecified atom stereocenters. The normalized spacial score (nSPS) is 18.3. The van der Waals surface area contributed by atoms with Gasteiger partial charge in [-0.05, 0) is 31.2 Å². The summed E-state index contributed by atoms with van der Waals surface area (Å²) in [5.74, 6) is -0.0789. The Bertz CT molecular complexity index is 708. The quantitative estimate of drug-likeness (QED) is 0.641. The van der Waals surface area contributed by atoms with E-state index in [0.717, 1.165) is 44.3 Å². The molecule has 0 atom stereocenters. The van der Waals surface area contributed by atoms with E-state index in [1.165, 1.54) is 12.8 Å². The second-order valence-electron chi connectivity index (χ2n) is 8.38. The lowest BCUT2D eigenvalue weighted by atomic mass is 9.96. The zero-order valence-electron chi connectivity index (χ0n) is 17.8. The molecule has 2 aliphatic rings. The van der Waals surface area contributed by atoms with E-state index in [1.807, 2.05) is 35.2 Å². The Morgan fingerprint density at radius 1 is 0.867 bits per heavy atom. The van der Waals surface area contributed by atoms with Crippen molar-refractivity contribution in [3.8, 4) is 0 Å². The fourth-order valence-corrected chi connectivity index (χ4v) is 4.36. The Morgan fingerprint density at radius 3 is 2.20 bits per heavy atom. The van der Waals surface area contributed by atoms with Crippen LogP contribution >= 0.6 is 0 Å². The van der Waals surface area contributed by atoms with Crippen molar-refractivity contribution in [3.05, 3.63) is 35.9 Å². The summed E-state index contributed by atoms with van der Waals surface area (Å²) in [6.07, 6.45) is 7.84. The third-order valence-corrected chi connectivity index (χ3v) is 6.12. The highest BCUT2D eigenvalue weighted by Gasteiger charge is 2.42. The van der Waals surface area contributed by atoms with Gasteiger partial charge >= 0.3 is 6.03 Å². The van der Waals surface area contributed by atoms with Crippen LogP contribution in [-0.2, 0) is 16.1 Å². The lowest BCUT2D eigenvalue weighted by molar-refractivity contribution is -0.131. The van der Waals surface area contributed by atoms with Crippen molar-refractivity contribution in [1.82, 2.24) is 20.9 Å². The van der Waals surface area contributed by atoms with Gasteiger partial charge in [-0.2, -0.15) is 0 Å². The summed E-state index contributed by atoms with van der Waals surface area (Å²) < 4.78 is 0. The molecule has 1 aromatic rings. The number of nitrogens with zero attached hydrogens (tertiary/aromatic N) is 1. The van der Waals surface area contributed by atoms with Gasteiger partial charge in [-0.25, -0.2) is 4.79 Å². The molecule has 7 heteroatoms. The Balaban J connectivity index is 1.46. The molecule has 7 nitrogen and oxygen atoms in total. The van der Waals surface area contributed by atoms with E-state index < -0.39 is 5.54 Å². The van der Waals surface area contributed by atoms with Crippen molar-refractivity contribution in [2.45, 2.75) is 69.9 Å². The maximum absolute atomic E-state index is 12.9. The van der Waals surface area contributed by atoms with Crippen molar-refractivity contribution >= 4 is 17.8 Å². The van der Waals surface area contributed by atoms with Crippen LogP contribution in [0.4, 0.5) is 4.79 Å². The number of nitrogens with one attached hydrogen (secondary N) is 3. The molecule has 1 aromatic carbocycles. The molecule has 0 aromatic heterocycles. The first-order valence-electron chi connectivity index (χ1n) is 11.3. The van der Waals surface area contributed by atoms with E-state index >= 15 is 0 Å². The highest BCUT2D eigenvalue weighted by molar-refractivity contribution is 5.91. The summed E-state index contributed by atoms with van der Waals surface area (Å²) in [4.78, 5) is 39.7. The van der Waals surface area contributed by atoms with Crippen LogP contribution in [0.15, 0.2) is 30.3 Å². The van der Waals surface area contributed by atoms with Crippen LogP contribution in [0.1, 0.15) is 63.4 Å². The highest BCUT2D eigenvalue weighted by atomic mass is 16.2. The van der Waals surface area contributed by atoms with Crippen molar-refractivity contribution in [1.29, 1.82) is 0 Å². The lowest BCUT2D eigenvalue weighted by Gasteiger charge is -2.29. The van der Waals surface area contributed by atoms with Crippen LogP contribution < -0.4 is 16.0 Å². The molecule has 0 spiro atoms. The molecular formula is C23H34N4O3. The molecule has 0 radical (unpaired) electrons. The number of hydrogen-bond acceptors (Lipinski definition) is 3. The Labute approximate surface area is 179 Å². The van der Waals surface area contributed by atoms with Gasteiger partial charge in [0, 0.05) is 32.6 Å². The number of likely N-dealkylation sites (tertiary alicyclic amines) is 1. The highest BCUT2D eigenvalue weighted by Crippen LogP contribution is 2.30. The van der Waals surface area contributed by atoms with Gasteiger partial charge in [0.05, 0.1) is 0 Å². The van der Waals surface area contributed by atoms with E-state index in [1.54, 1.807) is 0 Å². The molecule has 30 heavy (non-hydrogen) atoms. The zero-order valence-corrected chi connectivity index (χ0v) is 17.8. The molecule has 1 heterocycles. The molecule has 164 valence electrons. The summed E-state index contributed by atoms with van der Waals surface area (Å²) in [7, 11) is 0. The molecule has 3 rings (SSSR count). The maximum atomic E-state index is 12.9. The average molecular weight is 415 g/mol. The monoisotopic (exact) mass is 414 g/mol. The van der Waals surface area contributed by atoms with Crippen molar-refractivity contribution < 1.29 is 14.4 Å². The molecular weight excluding hydrogens is 380 g/mol. The minimum absolute atomic E-state index is 0.103. The lowest BCUT2D eigenvalue weighted by Crippen LogP contribution is -2.59. The number of carbonyl (C=O) groups is 3. The van der Waals surface area contributed by atoms with Crippen LogP contribution in [0, 0.1) is 0 Å². The summed E-state index contributed by atoms with van der Waals surface area (Å²) >= 11 is 0. The number of hydrogen-bond donors (Lipinski definition) is 3. The topological polar surface area (TPSA) is 90.5 Å². The fraction of sp³-hybridized carbons (Fsp3) is 0.609. The molecule has 2 fully saturated rings. The van der Waals surface area contributed by atoms with Crippen LogP contribution in [-0.4, -0.2) is 47.9 Å². The SMILES string of the molecule is O=C(NCc1ccccc1)NC1(C(=O)NCCC(=O)N2CCCCCC2)CCCC1. The maximum Gasteiger partial charge on any atom is 0.315 e. The van der Waals surface area contributed by atoms with Gasteiger partial charge in [0.25, 0.3) is 0 Å². The van der Waals surface area contributed by atoms with E-state index in [0.29, 0.717) is 32.4 Å². The molecule has 4 amide bonds. The van der Waals surface area contributed by atoms with Gasteiger partial charge in [0.2, 0.25) is 11.8 Å². The summed E-state index contributed by atoms with van der Waals surface area (Å²) in [6, 6.07) is 9.33. The molecule has 0 bridgehead atoms. The van der Waals surface area contributed by atoms with E-state index in [2.05, 4.69) is 16.0 Å². The molecule has 1 aliphatic heterocycles. The van der Waals surface area contributed by atoms with Crippen molar-refractivity contribution in [2.75, 3.05) is 19.6 Å². The van der Waals surface area contributed by atoms with Crippen molar-refractivity contribution in [3.63, 3.8) is 0 Å². The summed E-state index contributed by atoms with van der Waals surface area (Å²) in [5.41, 5.74) is 0.122. The van der Waals surface area contributed by atoms with Gasteiger partial charge in [0.1, 0.15) is 5.54 Å². The van der Waals surface area contributed by atoms with Gasteiger partial charge in [-0.3, -0.25) is 9.59 Å². The van der Waals surface area contributed by atoms with Gasteiger partial charge in [-0.1, -0.05) is 56.0 Å². The number of benzene rings is 1. The number of carbonyl (C=O) groups excluding carboxylic acids is 3. The Morgan fingerprint density at radius 2 is 1.53 bits per heavy atom. The molecule has 1 saturated heterocycles. The van der Waals surface area contributed by atoms with Crippen LogP contribution in [0.2, 0.25) is 0 Å². The standard InChI is InChI=1S/C23H34N4O3/c28-20(27-16-8-1-2-9-17-27)12-15-24-21(29)23(13-6-7-14-23)26-22(30)25-18-19-10-4-3-5-11-19/h3-5,10-11H,1-2,6-9,12-18H2,(H,24,29)(H2,25,26,30). The predicted octanol–water partition coefficient (Wildman–Crippen LogP) is 2.71. The van der Waals surface area contributed by atoms with Gasteiger partial charge < -0.3 is 20.9 Å². The molecule has 3 N–H and O–H groups in total. The third-order valence-electron chi connectivity index (χ3n) is 6.12. The first kappa shape index (κ1) is 22.1. The second-order valence-corrected chi connectivity index (χ2v) is 8.38. The number of rotatable bonds is 7. The second kappa shape index (κ2) is 11.0.